The Hall–Kier alpha value is -0.120. The van der Waals surface area contributed by atoms with Gasteiger partial charge in [-0.1, -0.05) is 19.3 Å². The summed E-state index contributed by atoms with van der Waals surface area (Å²) >= 11 is 0. The Morgan fingerprint density at radius 2 is 2.06 bits per heavy atom. The summed E-state index contributed by atoms with van der Waals surface area (Å²) in [5, 5.41) is 3.81. The van der Waals surface area contributed by atoms with E-state index in [9.17, 15) is 0 Å². The van der Waals surface area contributed by atoms with Crippen molar-refractivity contribution in [3.8, 4) is 0 Å². The Kier molecular flexibility index (Phi) is 3.69. The predicted molar refractivity (Wildman–Crippen MR) is 69.2 cm³/mol. The fourth-order valence-electron chi connectivity index (χ4n) is 3.84. The standard InChI is InChI=1S/C14H26N2O/c1-2-6-14(7-3-1)12-16(9-8-15-14)11-13-5-4-10-17-13/h13,15H,1-12H2. The molecule has 0 radical (unpaired) electrons. The summed E-state index contributed by atoms with van der Waals surface area (Å²) in [5.41, 5.74) is 0.453. The van der Waals surface area contributed by atoms with Crippen molar-refractivity contribution in [3.05, 3.63) is 0 Å². The van der Waals surface area contributed by atoms with Gasteiger partial charge in [0.1, 0.15) is 0 Å². The highest BCUT2D eigenvalue weighted by molar-refractivity contribution is 4.97. The maximum absolute atomic E-state index is 5.77. The van der Waals surface area contributed by atoms with Crippen molar-refractivity contribution >= 4 is 0 Å². The van der Waals surface area contributed by atoms with Crippen LogP contribution >= 0.6 is 0 Å². The van der Waals surface area contributed by atoms with Crippen molar-refractivity contribution in [2.45, 2.75) is 56.6 Å². The highest BCUT2D eigenvalue weighted by atomic mass is 16.5. The van der Waals surface area contributed by atoms with Crippen molar-refractivity contribution in [1.82, 2.24) is 10.2 Å². The van der Waals surface area contributed by atoms with E-state index in [0.29, 0.717) is 11.6 Å². The van der Waals surface area contributed by atoms with Crippen LogP contribution in [0, 0.1) is 0 Å². The molecule has 1 N–H and O–H groups in total. The zero-order chi connectivity index (χ0) is 11.6. The molecule has 2 heterocycles. The molecular weight excluding hydrogens is 212 g/mol. The van der Waals surface area contributed by atoms with Gasteiger partial charge in [-0.15, -0.1) is 0 Å². The first kappa shape index (κ1) is 11.9. The molecule has 1 spiro atoms. The van der Waals surface area contributed by atoms with Crippen molar-refractivity contribution in [1.29, 1.82) is 0 Å². The number of rotatable bonds is 2. The first-order chi connectivity index (χ1) is 8.36. The summed E-state index contributed by atoms with van der Waals surface area (Å²) < 4.78 is 5.77. The molecule has 17 heavy (non-hydrogen) atoms. The number of piperazine rings is 1. The van der Waals surface area contributed by atoms with Crippen molar-refractivity contribution in [2.75, 3.05) is 32.8 Å². The molecule has 1 saturated carbocycles. The van der Waals surface area contributed by atoms with Crippen LogP contribution in [0.2, 0.25) is 0 Å². The van der Waals surface area contributed by atoms with Gasteiger partial charge < -0.3 is 10.1 Å². The Morgan fingerprint density at radius 1 is 1.18 bits per heavy atom. The van der Waals surface area contributed by atoms with Crippen LogP contribution < -0.4 is 5.32 Å². The zero-order valence-electron chi connectivity index (χ0n) is 10.9. The Bertz CT molecular complexity index is 239. The molecule has 3 nitrogen and oxygen atoms in total. The van der Waals surface area contributed by atoms with Crippen LogP contribution in [-0.4, -0.2) is 49.3 Å². The fraction of sp³-hybridized carbons (Fsp3) is 1.00. The molecule has 0 aromatic carbocycles. The normalized spacial score (nSPS) is 34.2. The van der Waals surface area contributed by atoms with E-state index in [4.69, 9.17) is 4.74 Å². The van der Waals surface area contributed by atoms with Gasteiger partial charge >= 0.3 is 0 Å². The minimum atomic E-state index is 0.453. The van der Waals surface area contributed by atoms with Crippen LogP contribution in [0.1, 0.15) is 44.9 Å². The minimum Gasteiger partial charge on any atom is -0.377 e. The van der Waals surface area contributed by atoms with Gasteiger partial charge in [-0.05, 0) is 25.7 Å². The largest absolute Gasteiger partial charge is 0.377 e. The Balaban J connectivity index is 1.55. The molecule has 0 amide bonds. The topological polar surface area (TPSA) is 24.5 Å². The second-order valence-electron chi connectivity index (χ2n) is 6.14. The minimum absolute atomic E-state index is 0.453. The van der Waals surface area contributed by atoms with Gasteiger partial charge in [0, 0.05) is 38.3 Å². The molecule has 1 unspecified atom stereocenters. The van der Waals surface area contributed by atoms with Gasteiger partial charge in [0.25, 0.3) is 0 Å². The molecule has 3 aliphatic rings. The molecule has 0 aromatic heterocycles. The number of nitrogens with one attached hydrogen (secondary N) is 1. The fourth-order valence-corrected chi connectivity index (χ4v) is 3.84. The second-order valence-corrected chi connectivity index (χ2v) is 6.14. The van der Waals surface area contributed by atoms with E-state index in [-0.39, 0.29) is 0 Å². The van der Waals surface area contributed by atoms with Crippen LogP contribution in [0.25, 0.3) is 0 Å². The average molecular weight is 238 g/mol. The van der Waals surface area contributed by atoms with E-state index in [1.165, 1.54) is 71.1 Å². The quantitative estimate of drug-likeness (QED) is 0.793. The van der Waals surface area contributed by atoms with Gasteiger partial charge in [-0.2, -0.15) is 0 Å². The van der Waals surface area contributed by atoms with Crippen molar-refractivity contribution in [2.24, 2.45) is 0 Å². The van der Waals surface area contributed by atoms with Crippen LogP contribution in [0.3, 0.4) is 0 Å². The molecule has 0 aromatic rings. The van der Waals surface area contributed by atoms with Gasteiger partial charge in [-0.25, -0.2) is 0 Å². The monoisotopic (exact) mass is 238 g/mol. The number of nitrogens with zero attached hydrogens (tertiary/aromatic N) is 1. The summed E-state index contributed by atoms with van der Waals surface area (Å²) in [6.45, 7) is 5.80. The lowest BCUT2D eigenvalue weighted by Crippen LogP contribution is -2.61. The number of hydrogen-bond acceptors (Lipinski definition) is 3. The summed E-state index contributed by atoms with van der Waals surface area (Å²) in [5.74, 6) is 0. The molecule has 3 heteroatoms. The first-order valence-corrected chi connectivity index (χ1v) is 7.45. The van der Waals surface area contributed by atoms with Crippen LogP contribution in [0.15, 0.2) is 0 Å². The number of ether oxygens (including phenoxy) is 1. The van der Waals surface area contributed by atoms with E-state index >= 15 is 0 Å². The van der Waals surface area contributed by atoms with E-state index in [2.05, 4.69) is 10.2 Å². The lowest BCUT2D eigenvalue weighted by Gasteiger charge is -2.46. The third kappa shape index (κ3) is 2.83. The zero-order valence-corrected chi connectivity index (χ0v) is 10.9. The molecular formula is C14H26N2O. The molecule has 0 bridgehead atoms. The average Bonchev–Trinajstić information content (AvgIpc) is 2.83. The van der Waals surface area contributed by atoms with Crippen LogP contribution in [0.4, 0.5) is 0 Å². The van der Waals surface area contributed by atoms with E-state index in [1.807, 2.05) is 0 Å². The highest BCUT2D eigenvalue weighted by Gasteiger charge is 2.36. The van der Waals surface area contributed by atoms with Crippen LogP contribution in [0.5, 0.6) is 0 Å². The third-order valence-corrected chi connectivity index (χ3v) is 4.75. The Morgan fingerprint density at radius 3 is 2.82 bits per heavy atom. The van der Waals surface area contributed by atoms with E-state index < -0.39 is 0 Å². The van der Waals surface area contributed by atoms with Gasteiger partial charge in [0.05, 0.1) is 6.10 Å². The molecule has 1 aliphatic carbocycles. The molecule has 3 rings (SSSR count). The third-order valence-electron chi connectivity index (χ3n) is 4.75. The molecule has 2 saturated heterocycles. The smallest absolute Gasteiger partial charge is 0.0702 e. The van der Waals surface area contributed by atoms with Gasteiger partial charge in [0.2, 0.25) is 0 Å². The van der Waals surface area contributed by atoms with E-state index in [1.54, 1.807) is 0 Å². The summed E-state index contributed by atoms with van der Waals surface area (Å²) in [4.78, 5) is 2.65. The summed E-state index contributed by atoms with van der Waals surface area (Å²) in [6, 6.07) is 0. The maximum atomic E-state index is 5.77. The predicted octanol–water partition coefficient (Wildman–Crippen LogP) is 1.77. The van der Waals surface area contributed by atoms with Crippen LogP contribution in [-0.2, 0) is 4.74 Å². The van der Waals surface area contributed by atoms with Crippen molar-refractivity contribution < 1.29 is 4.74 Å². The van der Waals surface area contributed by atoms with Gasteiger partial charge in [-0.3, -0.25) is 4.90 Å². The lowest BCUT2D eigenvalue weighted by atomic mass is 9.80. The van der Waals surface area contributed by atoms with Gasteiger partial charge in [0.15, 0.2) is 0 Å². The second kappa shape index (κ2) is 5.25. The maximum Gasteiger partial charge on any atom is 0.0702 e. The summed E-state index contributed by atoms with van der Waals surface area (Å²) in [7, 11) is 0. The molecule has 98 valence electrons. The summed E-state index contributed by atoms with van der Waals surface area (Å²) in [6.07, 6.45) is 10.1. The molecule has 3 fully saturated rings. The highest BCUT2D eigenvalue weighted by Crippen LogP contribution is 2.30. The molecule has 2 aliphatic heterocycles. The lowest BCUT2D eigenvalue weighted by molar-refractivity contribution is 0.0379. The van der Waals surface area contributed by atoms with E-state index in [0.717, 1.165) is 6.61 Å². The molecule has 1 atom stereocenters. The number of hydrogen-bond donors (Lipinski definition) is 1. The SMILES string of the molecule is C1CCC2(CC1)CN(CC1CCCO1)CCN2. The van der Waals surface area contributed by atoms with Crippen molar-refractivity contribution in [3.63, 3.8) is 0 Å². The Labute approximate surface area is 105 Å². The first-order valence-electron chi connectivity index (χ1n) is 7.45.